The number of methoxy groups -OCH3 is 1. The minimum absolute atomic E-state index is 0.147. The highest BCUT2D eigenvalue weighted by atomic mass is 32.1. The lowest BCUT2D eigenvalue weighted by atomic mass is 10.1. The van der Waals surface area contributed by atoms with Crippen molar-refractivity contribution in [3.05, 3.63) is 98.0 Å². The van der Waals surface area contributed by atoms with E-state index < -0.39 is 5.97 Å². The van der Waals surface area contributed by atoms with Crippen molar-refractivity contribution in [3.63, 3.8) is 0 Å². The zero-order chi connectivity index (χ0) is 23.4. The molecule has 168 valence electrons. The Balaban J connectivity index is 1.66. The number of anilines is 1. The van der Waals surface area contributed by atoms with E-state index in [4.69, 9.17) is 17.0 Å². The van der Waals surface area contributed by atoms with E-state index in [9.17, 15) is 9.59 Å². The molecule has 2 aromatic carbocycles. The highest BCUT2D eigenvalue weighted by molar-refractivity contribution is 7.80. The second-order valence-corrected chi connectivity index (χ2v) is 8.98. The van der Waals surface area contributed by atoms with Crippen LogP contribution in [0.1, 0.15) is 26.4 Å². The van der Waals surface area contributed by atoms with Crippen LogP contribution in [0.2, 0.25) is 0 Å². The molecule has 4 aromatic rings. The van der Waals surface area contributed by atoms with Gasteiger partial charge in [-0.2, -0.15) is 0 Å². The number of thiocarbonyl (C=S) groups is 1. The molecular formula is C25H23N3O3S2. The molecular weight excluding hydrogens is 454 g/mol. The third-order valence-electron chi connectivity index (χ3n) is 5.31. The van der Waals surface area contributed by atoms with E-state index >= 15 is 0 Å². The first-order valence-corrected chi connectivity index (χ1v) is 11.6. The Labute approximate surface area is 200 Å². The van der Waals surface area contributed by atoms with E-state index in [2.05, 4.69) is 10.3 Å². The number of rotatable bonds is 6. The van der Waals surface area contributed by atoms with Gasteiger partial charge in [-0.05, 0) is 59.7 Å². The van der Waals surface area contributed by atoms with Crippen LogP contribution in [0, 0.1) is 6.92 Å². The van der Waals surface area contributed by atoms with E-state index in [0.29, 0.717) is 35.0 Å². The van der Waals surface area contributed by atoms with Gasteiger partial charge in [0, 0.05) is 10.4 Å². The molecule has 0 atom stereocenters. The number of carbonyl (C=O) groups excluding carboxylic acids is 1. The SMILES string of the molecule is COC(=O)c1ccccc1NC(=S)N(Cc1cccs1)Cc1cc2cccc(C)c2[nH]c1=O. The van der Waals surface area contributed by atoms with Crippen molar-refractivity contribution in [2.24, 2.45) is 0 Å². The van der Waals surface area contributed by atoms with Gasteiger partial charge in [0.05, 0.1) is 37.0 Å². The highest BCUT2D eigenvalue weighted by Gasteiger charge is 2.18. The number of nitrogens with zero attached hydrogens (tertiary/aromatic N) is 1. The molecule has 0 aliphatic carbocycles. The lowest BCUT2D eigenvalue weighted by Crippen LogP contribution is -2.35. The summed E-state index contributed by atoms with van der Waals surface area (Å²) in [7, 11) is 1.34. The van der Waals surface area contributed by atoms with Gasteiger partial charge in [0.25, 0.3) is 5.56 Å². The highest BCUT2D eigenvalue weighted by Crippen LogP contribution is 2.21. The average molecular weight is 478 g/mol. The summed E-state index contributed by atoms with van der Waals surface area (Å²) in [6.07, 6.45) is 0. The van der Waals surface area contributed by atoms with Crippen LogP contribution in [0.5, 0.6) is 0 Å². The van der Waals surface area contributed by atoms with Gasteiger partial charge in [-0.3, -0.25) is 4.79 Å². The number of nitrogens with one attached hydrogen (secondary N) is 2. The van der Waals surface area contributed by atoms with Crippen molar-refractivity contribution in [2.45, 2.75) is 20.0 Å². The number of esters is 1. The summed E-state index contributed by atoms with van der Waals surface area (Å²) >= 11 is 7.34. The quantitative estimate of drug-likeness (QED) is 0.298. The van der Waals surface area contributed by atoms with Crippen molar-refractivity contribution in [2.75, 3.05) is 12.4 Å². The van der Waals surface area contributed by atoms with Crippen LogP contribution < -0.4 is 10.9 Å². The molecule has 0 spiro atoms. The third-order valence-corrected chi connectivity index (χ3v) is 6.54. The molecule has 2 heterocycles. The predicted molar refractivity (Wildman–Crippen MR) is 137 cm³/mol. The zero-order valence-electron chi connectivity index (χ0n) is 18.3. The summed E-state index contributed by atoms with van der Waals surface area (Å²) in [6.45, 7) is 2.80. The van der Waals surface area contributed by atoms with Crippen LogP contribution in [0.4, 0.5) is 5.69 Å². The molecule has 33 heavy (non-hydrogen) atoms. The Kier molecular flexibility index (Phi) is 6.86. The summed E-state index contributed by atoms with van der Waals surface area (Å²) in [5.41, 5.74) is 3.25. The van der Waals surface area contributed by atoms with Crippen LogP contribution in [-0.4, -0.2) is 28.1 Å². The van der Waals surface area contributed by atoms with Crippen LogP contribution in [0.15, 0.2) is 70.8 Å². The Morgan fingerprint density at radius 3 is 2.70 bits per heavy atom. The largest absolute Gasteiger partial charge is 0.465 e. The number of thiophene rings is 1. The lowest BCUT2D eigenvalue weighted by Gasteiger charge is -2.26. The first-order valence-electron chi connectivity index (χ1n) is 10.3. The molecule has 2 N–H and O–H groups in total. The number of hydrogen-bond donors (Lipinski definition) is 2. The molecule has 0 bridgehead atoms. The molecule has 0 unspecified atom stereocenters. The van der Waals surface area contributed by atoms with Gasteiger partial charge >= 0.3 is 5.97 Å². The van der Waals surface area contributed by atoms with E-state index in [1.54, 1.807) is 29.5 Å². The average Bonchev–Trinajstić information content (AvgIpc) is 3.33. The minimum atomic E-state index is -0.452. The first-order chi connectivity index (χ1) is 16.0. The molecule has 0 fully saturated rings. The number of hydrogen-bond acceptors (Lipinski definition) is 5. The number of fused-ring (bicyclic) bond motifs is 1. The summed E-state index contributed by atoms with van der Waals surface area (Å²) < 4.78 is 4.89. The standard InChI is InChI=1S/C25H23N3O3S2/c1-16-7-5-8-17-13-18(23(29)27-22(16)17)14-28(15-19-9-6-12-33-19)25(32)26-21-11-4-3-10-20(21)24(30)31-2/h3-13H,14-15H2,1-2H3,(H,26,32)(H,27,29). The number of pyridine rings is 1. The van der Waals surface area contributed by atoms with Gasteiger partial charge in [-0.25, -0.2) is 4.79 Å². The van der Waals surface area contributed by atoms with Crippen LogP contribution in [-0.2, 0) is 17.8 Å². The minimum Gasteiger partial charge on any atom is -0.465 e. The maximum Gasteiger partial charge on any atom is 0.339 e. The summed E-state index contributed by atoms with van der Waals surface area (Å²) in [6, 6.07) is 18.9. The number of aromatic nitrogens is 1. The van der Waals surface area contributed by atoms with Crippen molar-refractivity contribution in [3.8, 4) is 0 Å². The van der Waals surface area contributed by atoms with Gasteiger partial charge in [0.15, 0.2) is 5.11 Å². The Morgan fingerprint density at radius 1 is 1.12 bits per heavy atom. The number of aromatic amines is 1. The first kappa shape index (κ1) is 22.7. The van der Waals surface area contributed by atoms with Crippen LogP contribution in [0.3, 0.4) is 0 Å². The Hall–Kier alpha value is -3.49. The molecule has 0 radical (unpaired) electrons. The summed E-state index contributed by atoms with van der Waals surface area (Å²) in [5.74, 6) is -0.452. The van der Waals surface area contributed by atoms with Gasteiger partial charge in [0.1, 0.15) is 0 Å². The maximum absolute atomic E-state index is 12.9. The summed E-state index contributed by atoms with van der Waals surface area (Å²) in [4.78, 5) is 31.1. The van der Waals surface area contributed by atoms with Crippen molar-refractivity contribution < 1.29 is 9.53 Å². The Morgan fingerprint density at radius 2 is 1.94 bits per heavy atom. The number of ether oxygens (including phenoxy) is 1. The van der Waals surface area contributed by atoms with E-state index in [1.807, 2.05) is 59.7 Å². The van der Waals surface area contributed by atoms with Gasteiger partial charge < -0.3 is 19.9 Å². The second-order valence-electron chi connectivity index (χ2n) is 7.57. The topological polar surface area (TPSA) is 74.4 Å². The van der Waals surface area contributed by atoms with Gasteiger partial charge in [-0.15, -0.1) is 11.3 Å². The second kappa shape index (κ2) is 9.97. The number of aryl methyl sites for hydroxylation is 1. The number of H-pyrrole nitrogens is 1. The monoisotopic (exact) mass is 477 g/mol. The zero-order valence-corrected chi connectivity index (χ0v) is 19.9. The molecule has 6 nitrogen and oxygen atoms in total. The van der Waals surface area contributed by atoms with Crippen LogP contribution >= 0.6 is 23.6 Å². The molecule has 4 rings (SSSR count). The van der Waals surface area contributed by atoms with Crippen molar-refractivity contribution in [1.29, 1.82) is 0 Å². The van der Waals surface area contributed by atoms with Crippen LogP contribution in [0.25, 0.3) is 10.9 Å². The fourth-order valence-corrected chi connectivity index (χ4v) is 4.57. The van der Waals surface area contributed by atoms with Crippen molar-refractivity contribution in [1.82, 2.24) is 9.88 Å². The number of carbonyl (C=O) groups is 1. The smallest absolute Gasteiger partial charge is 0.339 e. The van der Waals surface area contributed by atoms with E-state index in [0.717, 1.165) is 21.3 Å². The molecule has 0 amide bonds. The fraction of sp³-hybridized carbons (Fsp3) is 0.160. The van der Waals surface area contributed by atoms with Crippen molar-refractivity contribution >= 4 is 51.2 Å². The third kappa shape index (κ3) is 5.13. The molecule has 0 aliphatic heterocycles. The molecule has 2 aromatic heterocycles. The molecule has 0 saturated carbocycles. The molecule has 8 heteroatoms. The molecule has 0 aliphatic rings. The Bertz CT molecular complexity index is 1360. The summed E-state index contributed by atoms with van der Waals surface area (Å²) in [5, 5.41) is 6.55. The predicted octanol–water partition coefficient (Wildman–Crippen LogP) is 5.08. The van der Waals surface area contributed by atoms with Gasteiger partial charge in [0.2, 0.25) is 0 Å². The number of para-hydroxylation sites is 2. The van der Waals surface area contributed by atoms with Gasteiger partial charge in [-0.1, -0.05) is 36.4 Å². The van der Waals surface area contributed by atoms with E-state index in [1.165, 1.54) is 7.11 Å². The fourth-order valence-electron chi connectivity index (χ4n) is 3.62. The number of benzene rings is 2. The normalized spacial score (nSPS) is 10.7. The van der Waals surface area contributed by atoms with E-state index in [-0.39, 0.29) is 5.56 Å². The lowest BCUT2D eigenvalue weighted by molar-refractivity contribution is 0.0602. The molecule has 0 saturated heterocycles. The maximum atomic E-state index is 12.9.